The van der Waals surface area contributed by atoms with Crippen molar-refractivity contribution in [3.63, 3.8) is 0 Å². The van der Waals surface area contributed by atoms with Gasteiger partial charge in [-0.25, -0.2) is 0 Å². The molecule has 190 valence electrons. The Morgan fingerprint density at radius 2 is 1.68 bits per heavy atom. The van der Waals surface area contributed by atoms with Gasteiger partial charge in [0.2, 0.25) is 0 Å². The molecule has 0 amide bonds. The number of carbonyl (C=O) groups is 1. The van der Waals surface area contributed by atoms with E-state index in [9.17, 15) is 9.90 Å². The third kappa shape index (κ3) is 5.73. The molecule has 1 aliphatic heterocycles. The van der Waals surface area contributed by atoms with E-state index >= 15 is 0 Å². The average Bonchev–Trinajstić information content (AvgIpc) is 2.90. The number of nitrogens with one attached hydrogen (secondary N) is 1. The fourth-order valence-electron chi connectivity index (χ4n) is 4.64. The number of phenolic OH excluding ortho intramolecular Hbond substituents is 1. The second-order valence-corrected chi connectivity index (χ2v) is 10.3. The molecule has 5 rings (SSSR count). The third-order valence-corrected chi connectivity index (χ3v) is 7.40. The van der Waals surface area contributed by atoms with E-state index < -0.39 is 0 Å². The lowest BCUT2D eigenvalue weighted by Crippen LogP contribution is -2.43. The van der Waals surface area contributed by atoms with Gasteiger partial charge in [-0.1, -0.05) is 41.4 Å². The number of hydrogen-bond donors (Lipinski definition) is 2. The molecule has 0 saturated carbocycles. The molecular formula is C29H28Cl2N4O2. The molecule has 1 aliphatic rings. The number of hydrogen-bond acceptors (Lipinski definition) is 6. The summed E-state index contributed by atoms with van der Waals surface area (Å²) in [5, 5.41) is 14.7. The summed E-state index contributed by atoms with van der Waals surface area (Å²) < 4.78 is 0. The second kappa shape index (κ2) is 11.1. The van der Waals surface area contributed by atoms with Crippen molar-refractivity contribution in [2.24, 2.45) is 0 Å². The summed E-state index contributed by atoms with van der Waals surface area (Å²) in [5.41, 5.74) is 6.28. The first kappa shape index (κ1) is 25.5. The van der Waals surface area contributed by atoms with E-state index in [4.69, 9.17) is 23.2 Å². The van der Waals surface area contributed by atoms with Gasteiger partial charge in [0.15, 0.2) is 5.75 Å². The van der Waals surface area contributed by atoms with Crippen LogP contribution in [0.25, 0.3) is 22.0 Å². The van der Waals surface area contributed by atoms with Crippen molar-refractivity contribution in [3.8, 4) is 16.9 Å². The molecule has 4 aromatic rings. The predicted molar refractivity (Wildman–Crippen MR) is 151 cm³/mol. The maximum atomic E-state index is 11.4. The van der Waals surface area contributed by atoms with Crippen molar-refractivity contribution >= 4 is 51.8 Å². The van der Waals surface area contributed by atoms with Gasteiger partial charge in [0.1, 0.15) is 6.29 Å². The van der Waals surface area contributed by atoms with Crippen LogP contribution >= 0.6 is 23.2 Å². The maximum absolute atomic E-state index is 11.4. The number of benzene rings is 3. The second-order valence-electron chi connectivity index (χ2n) is 9.45. The van der Waals surface area contributed by atoms with E-state index in [2.05, 4.69) is 51.4 Å². The fraction of sp³-hybridized carbons (Fsp3) is 0.241. The van der Waals surface area contributed by atoms with Crippen LogP contribution in [0.2, 0.25) is 10.0 Å². The number of aromatic nitrogens is 1. The molecule has 0 bridgehead atoms. The number of carbonyl (C=O) groups excluding carboxylic acids is 1. The summed E-state index contributed by atoms with van der Waals surface area (Å²) in [7, 11) is 2.16. The molecule has 37 heavy (non-hydrogen) atoms. The molecule has 2 N–H and O–H groups in total. The lowest BCUT2D eigenvalue weighted by molar-refractivity contribution is -0.107. The number of pyridine rings is 1. The minimum Gasteiger partial charge on any atom is -0.505 e. The minimum atomic E-state index is -0.138. The molecule has 1 fully saturated rings. The maximum Gasteiger partial charge on any atom is 0.152 e. The standard InChI is InChI=1S/C29H28Cl2N4O2/c1-34-9-11-35(12-10-34)18-19-2-5-23(6-3-19)33-28-21(8-13-36)17-32-27-7-4-20(14-24(27)28)22-15-25(30)29(37)26(31)16-22/h2-7,13-17,37H,8-12,18H2,1H3,(H,32,33). The summed E-state index contributed by atoms with van der Waals surface area (Å²) in [6, 6.07) is 17.7. The van der Waals surface area contributed by atoms with Crippen molar-refractivity contribution in [1.82, 2.24) is 14.8 Å². The van der Waals surface area contributed by atoms with Gasteiger partial charge < -0.3 is 20.1 Å². The number of rotatable bonds is 7. The van der Waals surface area contributed by atoms with Crippen molar-refractivity contribution in [2.45, 2.75) is 13.0 Å². The monoisotopic (exact) mass is 534 g/mol. The summed E-state index contributed by atoms with van der Waals surface area (Å²) in [4.78, 5) is 20.9. The summed E-state index contributed by atoms with van der Waals surface area (Å²) in [5.74, 6) is -0.138. The van der Waals surface area contributed by atoms with Gasteiger partial charge in [0.25, 0.3) is 0 Å². The smallest absolute Gasteiger partial charge is 0.152 e. The molecule has 0 unspecified atom stereocenters. The van der Waals surface area contributed by atoms with E-state index in [-0.39, 0.29) is 22.2 Å². The molecule has 2 heterocycles. The zero-order chi connectivity index (χ0) is 25.9. The van der Waals surface area contributed by atoms with Gasteiger partial charge in [-0.2, -0.15) is 0 Å². The third-order valence-electron chi connectivity index (χ3n) is 6.83. The molecule has 0 radical (unpaired) electrons. The van der Waals surface area contributed by atoms with Crippen LogP contribution in [0.5, 0.6) is 5.75 Å². The highest BCUT2D eigenvalue weighted by molar-refractivity contribution is 6.37. The normalized spacial score (nSPS) is 14.7. The first-order chi connectivity index (χ1) is 17.9. The molecule has 1 aromatic heterocycles. The van der Waals surface area contributed by atoms with Gasteiger partial charge in [-0.3, -0.25) is 9.88 Å². The van der Waals surface area contributed by atoms with Gasteiger partial charge in [-0.15, -0.1) is 0 Å². The van der Waals surface area contributed by atoms with Crippen molar-refractivity contribution in [3.05, 3.63) is 82.0 Å². The Morgan fingerprint density at radius 1 is 0.973 bits per heavy atom. The Hall–Kier alpha value is -3.16. The topological polar surface area (TPSA) is 68.7 Å². The highest BCUT2D eigenvalue weighted by atomic mass is 35.5. The molecule has 0 aliphatic carbocycles. The zero-order valence-electron chi connectivity index (χ0n) is 20.5. The molecule has 1 saturated heterocycles. The highest BCUT2D eigenvalue weighted by Gasteiger charge is 2.15. The Balaban J connectivity index is 1.46. The Bertz CT molecular complexity index is 1410. The zero-order valence-corrected chi connectivity index (χ0v) is 22.1. The van der Waals surface area contributed by atoms with Crippen LogP contribution in [-0.4, -0.2) is 59.4 Å². The van der Waals surface area contributed by atoms with Crippen LogP contribution in [-0.2, 0) is 17.8 Å². The quantitative estimate of drug-likeness (QED) is 0.277. The molecular weight excluding hydrogens is 507 g/mol. The van der Waals surface area contributed by atoms with Crippen LogP contribution in [0.3, 0.4) is 0 Å². The van der Waals surface area contributed by atoms with Crippen LogP contribution in [0, 0.1) is 0 Å². The van der Waals surface area contributed by atoms with Crippen LogP contribution in [0.4, 0.5) is 11.4 Å². The summed E-state index contributed by atoms with van der Waals surface area (Å²) >= 11 is 12.3. The Kier molecular flexibility index (Phi) is 7.63. The van der Waals surface area contributed by atoms with Crippen molar-refractivity contribution < 1.29 is 9.90 Å². The number of anilines is 2. The van der Waals surface area contributed by atoms with Gasteiger partial charge in [-0.05, 0) is 60.1 Å². The molecule has 6 nitrogen and oxygen atoms in total. The average molecular weight is 535 g/mol. The number of aldehydes is 1. The van der Waals surface area contributed by atoms with Gasteiger partial charge in [0, 0.05) is 62.0 Å². The number of halogens is 2. The van der Waals surface area contributed by atoms with Crippen LogP contribution in [0.15, 0.2) is 60.8 Å². The molecule has 3 aromatic carbocycles. The van der Waals surface area contributed by atoms with E-state index in [0.29, 0.717) is 0 Å². The summed E-state index contributed by atoms with van der Waals surface area (Å²) in [6.07, 6.45) is 2.87. The number of aromatic hydroxyl groups is 1. The van der Waals surface area contributed by atoms with Crippen molar-refractivity contribution in [1.29, 1.82) is 0 Å². The van der Waals surface area contributed by atoms with Gasteiger partial charge in [0.05, 0.1) is 21.2 Å². The van der Waals surface area contributed by atoms with E-state index in [1.807, 2.05) is 18.2 Å². The molecule has 0 atom stereocenters. The van der Waals surface area contributed by atoms with E-state index in [1.54, 1.807) is 18.3 Å². The number of phenols is 1. The molecule has 8 heteroatoms. The highest BCUT2D eigenvalue weighted by Crippen LogP contribution is 2.38. The predicted octanol–water partition coefficient (Wildman–Crippen LogP) is 6.15. The lowest BCUT2D eigenvalue weighted by Gasteiger charge is -2.32. The number of piperazine rings is 1. The number of likely N-dealkylation sites (N-methyl/N-ethyl adjacent to an activating group) is 1. The van der Waals surface area contributed by atoms with Gasteiger partial charge >= 0.3 is 0 Å². The summed E-state index contributed by atoms with van der Waals surface area (Å²) in [6.45, 7) is 5.28. The fourth-order valence-corrected chi connectivity index (χ4v) is 5.13. The Morgan fingerprint density at radius 3 is 2.35 bits per heavy atom. The number of fused-ring (bicyclic) bond motifs is 1. The van der Waals surface area contributed by atoms with Crippen LogP contribution < -0.4 is 5.32 Å². The Labute approximate surface area is 226 Å². The largest absolute Gasteiger partial charge is 0.505 e. The van der Waals surface area contributed by atoms with E-state index in [1.165, 1.54) is 5.56 Å². The van der Waals surface area contributed by atoms with Crippen LogP contribution in [0.1, 0.15) is 11.1 Å². The molecule has 0 spiro atoms. The van der Waals surface area contributed by atoms with E-state index in [0.717, 1.165) is 78.0 Å². The SMILES string of the molecule is CN1CCN(Cc2ccc(Nc3c(CC=O)cnc4ccc(-c5cc(Cl)c(O)c(Cl)c5)cc34)cc2)CC1. The lowest BCUT2D eigenvalue weighted by atomic mass is 10.00. The first-order valence-corrected chi connectivity index (χ1v) is 13.0. The minimum absolute atomic E-state index is 0.138. The first-order valence-electron chi connectivity index (χ1n) is 12.2. The number of nitrogens with zero attached hydrogens (tertiary/aromatic N) is 3. The van der Waals surface area contributed by atoms with Crippen molar-refractivity contribution in [2.75, 3.05) is 38.5 Å².